The molecule has 1 nitrogen and oxygen atoms in total. The second kappa shape index (κ2) is 6.23. The second-order valence-corrected chi connectivity index (χ2v) is 5.91. The van der Waals surface area contributed by atoms with Crippen LogP contribution in [0.4, 0.5) is 4.39 Å². The third-order valence-electron chi connectivity index (χ3n) is 2.81. The van der Waals surface area contributed by atoms with E-state index in [1.165, 1.54) is 12.1 Å². The van der Waals surface area contributed by atoms with Crippen LogP contribution in [-0.2, 0) is 6.42 Å². The molecule has 0 heterocycles. The van der Waals surface area contributed by atoms with Gasteiger partial charge in [0, 0.05) is 20.6 Å². The van der Waals surface area contributed by atoms with E-state index >= 15 is 0 Å². The summed E-state index contributed by atoms with van der Waals surface area (Å²) in [6.45, 7) is 0. The largest absolute Gasteiger partial charge is 0.324 e. The number of benzene rings is 2. The van der Waals surface area contributed by atoms with Gasteiger partial charge in [0.15, 0.2) is 0 Å². The van der Waals surface area contributed by atoms with Crippen LogP contribution in [0.3, 0.4) is 0 Å². The fourth-order valence-electron chi connectivity index (χ4n) is 1.85. The van der Waals surface area contributed by atoms with Gasteiger partial charge in [0.2, 0.25) is 0 Å². The number of nitrogens with two attached hydrogens (primary N) is 1. The van der Waals surface area contributed by atoms with Crippen molar-refractivity contribution in [2.24, 2.45) is 5.73 Å². The van der Waals surface area contributed by atoms with Gasteiger partial charge in [0.1, 0.15) is 5.82 Å². The lowest BCUT2D eigenvalue weighted by molar-refractivity contribution is 0.621. The van der Waals surface area contributed by atoms with Gasteiger partial charge >= 0.3 is 0 Å². The first-order chi connectivity index (χ1) is 8.97. The zero-order valence-electron chi connectivity index (χ0n) is 9.84. The van der Waals surface area contributed by atoms with E-state index in [2.05, 4.69) is 15.9 Å². The van der Waals surface area contributed by atoms with E-state index in [9.17, 15) is 4.39 Å². The summed E-state index contributed by atoms with van der Waals surface area (Å²) >= 11 is 15.3. The Bertz CT molecular complexity index is 604. The molecule has 0 radical (unpaired) electrons. The van der Waals surface area contributed by atoms with Crippen molar-refractivity contribution in [1.82, 2.24) is 0 Å². The fraction of sp³-hybridized carbons (Fsp3) is 0.143. The minimum atomic E-state index is -0.317. The molecule has 1 atom stereocenters. The number of hydrogen-bond donors (Lipinski definition) is 1. The first kappa shape index (κ1) is 14.8. The van der Waals surface area contributed by atoms with Crippen molar-refractivity contribution in [1.29, 1.82) is 0 Å². The predicted octanol–water partition coefficient (Wildman–Crippen LogP) is 5.14. The smallest absolute Gasteiger partial charge is 0.123 e. The molecular formula is C14H11BrCl2FN. The van der Waals surface area contributed by atoms with Crippen molar-refractivity contribution in [3.63, 3.8) is 0 Å². The Morgan fingerprint density at radius 2 is 1.89 bits per heavy atom. The van der Waals surface area contributed by atoms with Gasteiger partial charge in [-0.2, -0.15) is 0 Å². The van der Waals surface area contributed by atoms with Gasteiger partial charge < -0.3 is 5.73 Å². The highest BCUT2D eigenvalue weighted by Gasteiger charge is 2.13. The van der Waals surface area contributed by atoms with E-state index in [1.807, 2.05) is 0 Å². The molecule has 100 valence electrons. The van der Waals surface area contributed by atoms with Gasteiger partial charge in [-0.3, -0.25) is 0 Å². The SMILES string of the molecule is NC(Cc1cc(F)ccc1Br)c1ccc(Cl)cc1Cl. The first-order valence-corrected chi connectivity index (χ1v) is 7.16. The predicted molar refractivity (Wildman–Crippen MR) is 81.2 cm³/mol. The molecule has 0 bridgehead atoms. The summed E-state index contributed by atoms with van der Waals surface area (Å²) in [5, 5.41) is 1.08. The van der Waals surface area contributed by atoms with Crippen LogP contribution >= 0.6 is 39.1 Å². The molecule has 0 saturated carbocycles. The molecule has 5 heteroatoms. The highest BCUT2D eigenvalue weighted by molar-refractivity contribution is 9.10. The Hall–Kier alpha value is -0.610. The third kappa shape index (κ3) is 3.69. The van der Waals surface area contributed by atoms with Gasteiger partial charge in [0.25, 0.3) is 0 Å². The van der Waals surface area contributed by atoms with Gasteiger partial charge in [-0.15, -0.1) is 0 Å². The molecule has 1 unspecified atom stereocenters. The van der Waals surface area contributed by atoms with E-state index in [0.717, 1.165) is 15.6 Å². The maximum Gasteiger partial charge on any atom is 0.123 e. The Labute approximate surface area is 129 Å². The molecule has 2 aromatic carbocycles. The van der Waals surface area contributed by atoms with Crippen molar-refractivity contribution in [2.45, 2.75) is 12.5 Å². The van der Waals surface area contributed by atoms with Crippen LogP contribution < -0.4 is 5.73 Å². The molecule has 0 aliphatic carbocycles. The standard InChI is InChI=1S/C14H11BrCl2FN/c15-12-4-2-10(18)5-8(12)6-14(19)11-3-1-9(16)7-13(11)17/h1-5,7,14H,6,19H2. The Morgan fingerprint density at radius 3 is 2.58 bits per heavy atom. The van der Waals surface area contributed by atoms with Gasteiger partial charge in [0.05, 0.1) is 0 Å². The van der Waals surface area contributed by atoms with Crippen molar-refractivity contribution >= 4 is 39.1 Å². The molecule has 2 N–H and O–H groups in total. The zero-order valence-corrected chi connectivity index (χ0v) is 12.9. The quantitative estimate of drug-likeness (QED) is 0.803. The zero-order chi connectivity index (χ0) is 14.0. The summed E-state index contributed by atoms with van der Waals surface area (Å²) in [5.74, 6) is -0.285. The topological polar surface area (TPSA) is 26.0 Å². The maximum absolute atomic E-state index is 13.2. The molecular weight excluding hydrogens is 352 g/mol. The Morgan fingerprint density at radius 1 is 1.16 bits per heavy atom. The fourth-order valence-corrected chi connectivity index (χ4v) is 2.81. The van der Waals surface area contributed by atoms with Crippen LogP contribution in [-0.4, -0.2) is 0 Å². The average molecular weight is 363 g/mol. The average Bonchev–Trinajstić information content (AvgIpc) is 2.33. The molecule has 19 heavy (non-hydrogen) atoms. The summed E-state index contributed by atoms with van der Waals surface area (Å²) in [7, 11) is 0. The van der Waals surface area contributed by atoms with Crippen LogP contribution in [0.2, 0.25) is 10.0 Å². The van der Waals surface area contributed by atoms with Crippen LogP contribution in [0, 0.1) is 5.82 Å². The lowest BCUT2D eigenvalue weighted by Crippen LogP contribution is -2.14. The monoisotopic (exact) mass is 361 g/mol. The second-order valence-electron chi connectivity index (χ2n) is 4.21. The van der Waals surface area contributed by atoms with Gasteiger partial charge in [-0.05, 0) is 47.9 Å². The maximum atomic E-state index is 13.2. The highest BCUT2D eigenvalue weighted by atomic mass is 79.9. The van der Waals surface area contributed by atoms with Gasteiger partial charge in [-0.25, -0.2) is 4.39 Å². The summed E-state index contributed by atoms with van der Waals surface area (Å²) in [4.78, 5) is 0. The van der Waals surface area contributed by atoms with E-state index in [0.29, 0.717) is 16.5 Å². The van der Waals surface area contributed by atoms with Crippen LogP contribution in [0.25, 0.3) is 0 Å². The van der Waals surface area contributed by atoms with Crippen molar-refractivity contribution in [3.8, 4) is 0 Å². The van der Waals surface area contributed by atoms with E-state index in [1.54, 1.807) is 24.3 Å². The van der Waals surface area contributed by atoms with Gasteiger partial charge in [-0.1, -0.05) is 45.2 Å². The summed E-state index contributed by atoms with van der Waals surface area (Å²) in [5.41, 5.74) is 7.72. The summed E-state index contributed by atoms with van der Waals surface area (Å²) < 4.78 is 14.1. The Balaban J connectivity index is 2.25. The highest BCUT2D eigenvalue weighted by Crippen LogP contribution is 2.29. The number of rotatable bonds is 3. The molecule has 2 rings (SSSR count). The third-order valence-corrected chi connectivity index (χ3v) is 4.15. The number of halogens is 4. The van der Waals surface area contributed by atoms with Crippen molar-refractivity contribution in [3.05, 3.63) is 67.9 Å². The first-order valence-electron chi connectivity index (χ1n) is 5.62. The molecule has 0 fully saturated rings. The molecule has 0 saturated heterocycles. The van der Waals surface area contributed by atoms with Crippen molar-refractivity contribution in [2.75, 3.05) is 0 Å². The molecule has 0 spiro atoms. The molecule has 0 aliphatic heterocycles. The van der Waals surface area contributed by atoms with Crippen molar-refractivity contribution < 1.29 is 4.39 Å². The molecule has 2 aromatic rings. The van der Waals surface area contributed by atoms with Crippen LogP contribution in [0.1, 0.15) is 17.2 Å². The minimum absolute atomic E-state index is 0.285. The van der Waals surface area contributed by atoms with Crippen LogP contribution in [0.15, 0.2) is 40.9 Å². The normalized spacial score (nSPS) is 12.5. The summed E-state index contributed by atoms with van der Waals surface area (Å²) in [6, 6.07) is 9.40. The summed E-state index contributed by atoms with van der Waals surface area (Å²) in [6.07, 6.45) is 0.486. The molecule has 0 aliphatic rings. The van der Waals surface area contributed by atoms with E-state index in [4.69, 9.17) is 28.9 Å². The Kier molecular flexibility index (Phi) is 4.85. The minimum Gasteiger partial charge on any atom is -0.324 e. The lowest BCUT2D eigenvalue weighted by Gasteiger charge is -2.15. The van der Waals surface area contributed by atoms with E-state index < -0.39 is 0 Å². The number of hydrogen-bond acceptors (Lipinski definition) is 1. The van der Waals surface area contributed by atoms with Crippen LogP contribution in [0.5, 0.6) is 0 Å². The lowest BCUT2D eigenvalue weighted by atomic mass is 9.99. The van der Waals surface area contributed by atoms with E-state index in [-0.39, 0.29) is 11.9 Å². The molecule has 0 aromatic heterocycles. The molecule has 0 amide bonds.